The largest absolute Gasteiger partial charge is 0.507 e. The van der Waals surface area contributed by atoms with Crippen LogP contribution in [0.4, 0.5) is 0 Å². The van der Waals surface area contributed by atoms with Gasteiger partial charge in [-0.3, -0.25) is 19.9 Å². The highest BCUT2D eigenvalue weighted by Crippen LogP contribution is 2.26. The summed E-state index contributed by atoms with van der Waals surface area (Å²) in [5.74, 6) is 0.294. The second-order valence-corrected chi connectivity index (χ2v) is 7.18. The third kappa shape index (κ3) is 6.22. The molecule has 0 saturated heterocycles. The lowest BCUT2D eigenvalue weighted by atomic mass is 10.0. The number of nitrogens with zero attached hydrogens (tertiary/aromatic N) is 4. The highest BCUT2D eigenvalue weighted by Gasteiger charge is 2.14. The number of aromatic hydroxyl groups is 1. The number of phenolic OH excluding ortho intramolecular Hbond substituents is 1. The standard InChI is InChI=1S/C24H28N4O/c1-3-10-25-15-20-13-19(2)14-21(24(20)29)16-28(17-22-8-4-6-11-26-22)18-23-9-5-7-12-27-23/h4-9,11-15,29H,3,10,16-18H2,1-2H3. The monoisotopic (exact) mass is 388 g/mol. The Bertz CT molecular complexity index is 885. The molecule has 0 aliphatic rings. The minimum absolute atomic E-state index is 0.294. The first-order valence-corrected chi connectivity index (χ1v) is 10.00. The summed E-state index contributed by atoms with van der Waals surface area (Å²) in [6.45, 7) is 6.82. The Morgan fingerprint density at radius 1 is 0.966 bits per heavy atom. The Hall–Kier alpha value is -3.05. The Morgan fingerprint density at radius 2 is 1.62 bits per heavy atom. The first-order valence-electron chi connectivity index (χ1n) is 10.00. The maximum Gasteiger partial charge on any atom is 0.128 e. The van der Waals surface area contributed by atoms with E-state index in [0.717, 1.165) is 41.0 Å². The fourth-order valence-corrected chi connectivity index (χ4v) is 3.24. The van der Waals surface area contributed by atoms with Gasteiger partial charge in [0.15, 0.2) is 0 Å². The molecule has 1 N–H and O–H groups in total. The van der Waals surface area contributed by atoms with Crippen molar-refractivity contribution >= 4 is 6.21 Å². The van der Waals surface area contributed by atoms with Crippen LogP contribution in [0.1, 0.15) is 41.4 Å². The van der Waals surface area contributed by atoms with Crippen molar-refractivity contribution in [2.75, 3.05) is 6.54 Å². The quantitative estimate of drug-likeness (QED) is 0.548. The predicted octanol–water partition coefficient (Wildman–Crippen LogP) is 4.52. The number of aryl methyl sites for hydroxylation is 1. The molecular formula is C24H28N4O. The van der Waals surface area contributed by atoms with Crippen molar-refractivity contribution in [3.8, 4) is 5.75 Å². The van der Waals surface area contributed by atoms with Crippen LogP contribution in [-0.2, 0) is 19.6 Å². The second-order valence-electron chi connectivity index (χ2n) is 7.18. The summed E-state index contributed by atoms with van der Waals surface area (Å²) in [6.07, 6.45) is 6.37. The first-order chi connectivity index (χ1) is 14.2. The molecule has 29 heavy (non-hydrogen) atoms. The van der Waals surface area contributed by atoms with E-state index in [0.29, 0.717) is 25.4 Å². The molecule has 0 aliphatic heterocycles. The van der Waals surface area contributed by atoms with Crippen molar-refractivity contribution in [3.05, 3.63) is 89.0 Å². The van der Waals surface area contributed by atoms with Crippen molar-refractivity contribution in [1.29, 1.82) is 0 Å². The summed E-state index contributed by atoms with van der Waals surface area (Å²) in [6, 6.07) is 15.9. The van der Waals surface area contributed by atoms with Crippen LogP contribution in [0.3, 0.4) is 0 Å². The maximum absolute atomic E-state index is 10.8. The lowest BCUT2D eigenvalue weighted by Gasteiger charge is -2.23. The number of aliphatic imine (C=N–C) groups is 1. The maximum atomic E-state index is 10.8. The lowest BCUT2D eigenvalue weighted by Crippen LogP contribution is -2.23. The van der Waals surface area contributed by atoms with E-state index in [4.69, 9.17) is 0 Å². The van der Waals surface area contributed by atoms with Gasteiger partial charge in [0.1, 0.15) is 5.75 Å². The van der Waals surface area contributed by atoms with Crippen LogP contribution in [0.25, 0.3) is 0 Å². The van der Waals surface area contributed by atoms with Crippen molar-refractivity contribution in [1.82, 2.24) is 14.9 Å². The third-order valence-electron chi connectivity index (χ3n) is 4.56. The van der Waals surface area contributed by atoms with Gasteiger partial charge in [0.05, 0.1) is 11.4 Å². The van der Waals surface area contributed by atoms with Crippen LogP contribution in [0.2, 0.25) is 0 Å². The third-order valence-corrected chi connectivity index (χ3v) is 4.56. The SMILES string of the molecule is CCCN=Cc1cc(C)cc(CN(Cc2ccccn2)Cc2ccccn2)c1O. The van der Waals surface area contributed by atoms with E-state index in [1.165, 1.54) is 0 Å². The minimum atomic E-state index is 0.294. The summed E-state index contributed by atoms with van der Waals surface area (Å²) >= 11 is 0. The molecular weight excluding hydrogens is 360 g/mol. The zero-order valence-electron chi connectivity index (χ0n) is 17.1. The molecule has 0 radical (unpaired) electrons. The normalized spacial score (nSPS) is 11.4. The van der Waals surface area contributed by atoms with Gasteiger partial charge in [-0.2, -0.15) is 0 Å². The minimum Gasteiger partial charge on any atom is -0.507 e. The molecule has 5 nitrogen and oxygen atoms in total. The van der Waals surface area contributed by atoms with E-state index in [-0.39, 0.29) is 0 Å². The average molecular weight is 389 g/mol. The molecule has 1 aromatic carbocycles. The van der Waals surface area contributed by atoms with E-state index in [2.05, 4.69) is 26.8 Å². The summed E-state index contributed by atoms with van der Waals surface area (Å²) < 4.78 is 0. The second kappa shape index (κ2) is 10.5. The fourth-order valence-electron chi connectivity index (χ4n) is 3.24. The number of hydrogen-bond donors (Lipinski definition) is 1. The molecule has 0 amide bonds. The van der Waals surface area contributed by atoms with Gasteiger partial charge in [0, 0.05) is 55.9 Å². The van der Waals surface area contributed by atoms with E-state index >= 15 is 0 Å². The Balaban J connectivity index is 1.86. The van der Waals surface area contributed by atoms with Gasteiger partial charge in [-0.15, -0.1) is 0 Å². The molecule has 0 spiro atoms. The fraction of sp³-hybridized carbons (Fsp3) is 0.292. The molecule has 0 aliphatic carbocycles. The van der Waals surface area contributed by atoms with Crippen LogP contribution < -0.4 is 0 Å². The summed E-state index contributed by atoms with van der Waals surface area (Å²) in [5.41, 5.74) is 4.73. The van der Waals surface area contributed by atoms with Crippen LogP contribution in [0.15, 0.2) is 65.9 Å². The summed E-state index contributed by atoms with van der Waals surface area (Å²) in [4.78, 5) is 15.6. The highest BCUT2D eigenvalue weighted by atomic mass is 16.3. The molecule has 2 aromatic heterocycles. The van der Waals surface area contributed by atoms with Crippen LogP contribution in [0.5, 0.6) is 5.75 Å². The number of phenols is 1. The van der Waals surface area contributed by atoms with Gasteiger partial charge in [-0.1, -0.05) is 25.1 Å². The van der Waals surface area contributed by atoms with Gasteiger partial charge in [-0.05, 0) is 49.2 Å². The lowest BCUT2D eigenvalue weighted by molar-refractivity contribution is 0.238. The summed E-state index contributed by atoms with van der Waals surface area (Å²) in [5, 5.41) is 10.8. The predicted molar refractivity (Wildman–Crippen MR) is 117 cm³/mol. The molecule has 0 atom stereocenters. The van der Waals surface area contributed by atoms with Gasteiger partial charge >= 0.3 is 0 Å². The molecule has 0 saturated carbocycles. The number of hydrogen-bond acceptors (Lipinski definition) is 5. The van der Waals surface area contributed by atoms with Crippen LogP contribution in [0, 0.1) is 6.92 Å². The van der Waals surface area contributed by atoms with Gasteiger partial charge in [0.25, 0.3) is 0 Å². The Morgan fingerprint density at radius 3 is 2.17 bits per heavy atom. The zero-order valence-corrected chi connectivity index (χ0v) is 17.1. The molecule has 3 rings (SSSR count). The Kier molecular flexibility index (Phi) is 7.47. The van der Waals surface area contributed by atoms with Crippen molar-refractivity contribution in [3.63, 3.8) is 0 Å². The van der Waals surface area contributed by atoms with E-state index in [9.17, 15) is 5.11 Å². The molecule has 0 unspecified atom stereocenters. The number of pyridine rings is 2. The van der Waals surface area contributed by atoms with Gasteiger partial charge in [-0.25, -0.2) is 0 Å². The van der Waals surface area contributed by atoms with E-state index in [1.54, 1.807) is 18.6 Å². The number of rotatable bonds is 9. The van der Waals surface area contributed by atoms with Crippen LogP contribution >= 0.6 is 0 Å². The van der Waals surface area contributed by atoms with Gasteiger partial charge < -0.3 is 5.11 Å². The smallest absolute Gasteiger partial charge is 0.128 e. The van der Waals surface area contributed by atoms with E-state index < -0.39 is 0 Å². The molecule has 3 aromatic rings. The first kappa shape index (κ1) is 20.7. The molecule has 0 bridgehead atoms. The number of benzene rings is 1. The summed E-state index contributed by atoms with van der Waals surface area (Å²) in [7, 11) is 0. The zero-order chi connectivity index (χ0) is 20.5. The van der Waals surface area contributed by atoms with Crippen molar-refractivity contribution in [2.24, 2.45) is 4.99 Å². The highest BCUT2D eigenvalue weighted by molar-refractivity contribution is 5.84. The van der Waals surface area contributed by atoms with Crippen molar-refractivity contribution < 1.29 is 5.11 Å². The van der Waals surface area contributed by atoms with Crippen LogP contribution in [-0.4, -0.2) is 32.7 Å². The Labute approximate surface area is 172 Å². The molecule has 5 heteroatoms. The molecule has 150 valence electrons. The van der Waals surface area contributed by atoms with Crippen molar-refractivity contribution in [2.45, 2.75) is 39.9 Å². The molecule has 2 heterocycles. The molecule has 0 fully saturated rings. The topological polar surface area (TPSA) is 61.6 Å². The van der Waals surface area contributed by atoms with Gasteiger partial charge in [0.2, 0.25) is 0 Å². The number of aromatic nitrogens is 2. The van der Waals surface area contributed by atoms with E-state index in [1.807, 2.05) is 55.5 Å². The average Bonchev–Trinajstić information content (AvgIpc) is 2.73.